The van der Waals surface area contributed by atoms with Gasteiger partial charge in [-0.1, -0.05) is 12.1 Å². The number of hydrogen-bond donors (Lipinski definition) is 4. The number of aliphatic carboxylic acids is 2. The van der Waals surface area contributed by atoms with Crippen molar-refractivity contribution in [3.8, 4) is 17.2 Å². The Kier molecular flexibility index (Phi) is 11.8. The number of β-lactam (4-membered cyclic amide) rings is 1. The first-order chi connectivity index (χ1) is 26.5. The number of carboxylic acid groups (broad SMARTS) is 2. The molecule has 0 bridgehead atoms. The van der Waals surface area contributed by atoms with Crippen molar-refractivity contribution < 1.29 is 76.7 Å². The van der Waals surface area contributed by atoms with Crippen LogP contribution in [0.1, 0.15) is 42.7 Å². The van der Waals surface area contributed by atoms with E-state index in [-0.39, 0.29) is 45.1 Å². The predicted octanol–water partition coefficient (Wildman–Crippen LogP) is 0.854. The minimum Gasteiger partial charge on any atom is -0.482 e. The highest BCUT2D eigenvalue weighted by Gasteiger charge is 2.67. The van der Waals surface area contributed by atoms with Crippen molar-refractivity contribution in [3.05, 3.63) is 75.3 Å². The summed E-state index contributed by atoms with van der Waals surface area (Å²) in [5.41, 5.74) is -4.26. The first-order valence-electron chi connectivity index (χ1n) is 16.1. The summed E-state index contributed by atoms with van der Waals surface area (Å²) in [5.74, 6) is -8.86. The van der Waals surface area contributed by atoms with Gasteiger partial charge >= 0.3 is 29.8 Å². The highest BCUT2D eigenvalue weighted by molar-refractivity contribution is 8.00. The second-order valence-electron chi connectivity index (χ2n) is 11.9. The van der Waals surface area contributed by atoms with E-state index in [9.17, 15) is 48.3 Å². The van der Waals surface area contributed by atoms with Crippen LogP contribution in [0, 0.1) is 0 Å². The molecular formula is C35H31N3O17S. The number of esters is 3. The first-order valence-corrected chi connectivity index (χ1v) is 17.1. The number of thioether (sulfide) groups is 1. The maximum Gasteiger partial charge on any atom is 0.352 e. The monoisotopic (exact) mass is 797 g/mol. The number of amides is 3. The Balaban J connectivity index is 1.50. The normalized spacial score (nSPS) is 17.8. The number of nitrogens with zero attached hydrogens (tertiary/aromatic N) is 1. The second kappa shape index (κ2) is 16.3. The molecule has 294 valence electrons. The Morgan fingerprint density at radius 1 is 0.964 bits per heavy atom. The number of carboxylic acids is 2. The first kappa shape index (κ1) is 40.4. The van der Waals surface area contributed by atoms with Crippen molar-refractivity contribution in [2.24, 2.45) is 0 Å². The number of hydrogen-bond acceptors (Lipinski definition) is 16. The fourth-order valence-electron chi connectivity index (χ4n) is 5.67. The zero-order chi connectivity index (χ0) is 41.1. The molecule has 3 atom stereocenters. The zero-order valence-electron chi connectivity index (χ0n) is 29.7. The molecule has 20 nitrogen and oxygen atoms in total. The van der Waals surface area contributed by atoms with Gasteiger partial charge in [-0.05, 0) is 23.8 Å². The standard InChI is InChI=1S/C35H31N3O17S/c1-15(39)51-11-19-14-56-34-35(50-4,33(49)38(34)28(19)32(47)48)37-31(46)27(18-5-7-20(8-6-18)52-13-26(42)43)36-30(45)22-12-53-23-10-25(55-17(3)41)24(54-16(2)40)9-21(23)29(22)44/h5-10,12,27,34H,11,13-14H2,1-4H3,(H,36,45)(H,37,46)(H,42,43)(H,47,48)/t27?,34-,35+/m1/s1. The molecule has 1 fully saturated rings. The van der Waals surface area contributed by atoms with Gasteiger partial charge in [-0.25, -0.2) is 9.59 Å². The van der Waals surface area contributed by atoms with Crippen molar-refractivity contribution >= 4 is 70.3 Å². The van der Waals surface area contributed by atoms with Gasteiger partial charge in [0.1, 0.15) is 46.9 Å². The number of methoxy groups -OCH3 is 1. The van der Waals surface area contributed by atoms with Crippen molar-refractivity contribution in [1.29, 1.82) is 0 Å². The largest absolute Gasteiger partial charge is 0.482 e. The third kappa shape index (κ3) is 8.17. The molecule has 0 aliphatic carbocycles. The van der Waals surface area contributed by atoms with Gasteiger partial charge in [0.05, 0.1) is 5.39 Å². The van der Waals surface area contributed by atoms with Crippen LogP contribution in [-0.2, 0) is 43.0 Å². The summed E-state index contributed by atoms with van der Waals surface area (Å²) in [6.45, 7) is 2.17. The summed E-state index contributed by atoms with van der Waals surface area (Å²) < 4.78 is 31.2. The SMILES string of the molecule is CO[C@@]1(NC(=O)C(NC(=O)c2coc3cc(OC(C)=O)c(OC(C)=O)cc3c2=O)c2ccc(OCC(=O)O)cc2)C(=O)N2C(C(=O)O)=C(COC(C)=O)CS[C@@H]21. The molecule has 1 saturated heterocycles. The molecule has 0 spiro atoms. The molecule has 1 unspecified atom stereocenters. The summed E-state index contributed by atoms with van der Waals surface area (Å²) in [7, 11) is 1.09. The van der Waals surface area contributed by atoms with Crippen LogP contribution in [0.5, 0.6) is 17.2 Å². The van der Waals surface area contributed by atoms with Crippen LogP contribution >= 0.6 is 11.8 Å². The number of benzene rings is 2. The number of carbonyl (C=O) groups excluding carboxylic acids is 6. The Bertz CT molecular complexity index is 2270. The summed E-state index contributed by atoms with van der Waals surface area (Å²) in [6.07, 6.45) is 0.774. The molecule has 3 amide bonds. The molecule has 3 heterocycles. The number of rotatable bonds is 14. The number of carbonyl (C=O) groups is 8. The van der Waals surface area contributed by atoms with Gasteiger partial charge in [0.25, 0.3) is 17.5 Å². The molecule has 3 aromatic rings. The van der Waals surface area contributed by atoms with Crippen molar-refractivity contribution in [2.75, 3.05) is 26.1 Å². The Morgan fingerprint density at radius 3 is 2.18 bits per heavy atom. The molecule has 2 aliphatic heterocycles. The lowest BCUT2D eigenvalue weighted by molar-refractivity contribution is -0.193. The van der Waals surface area contributed by atoms with Crippen molar-refractivity contribution in [3.63, 3.8) is 0 Å². The van der Waals surface area contributed by atoms with E-state index in [0.29, 0.717) is 0 Å². The minimum atomic E-state index is -2.17. The second-order valence-corrected chi connectivity index (χ2v) is 13.0. The molecule has 4 N–H and O–H groups in total. The molecule has 5 rings (SSSR count). The fraction of sp³-hybridized carbons (Fsp3) is 0.286. The van der Waals surface area contributed by atoms with Crippen LogP contribution in [0.25, 0.3) is 11.0 Å². The van der Waals surface area contributed by atoms with Crippen LogP contribution in [0.2, 0.25) is 0 Å². The van der Waals surface area contributed by atoms with E-state index in [1.807, 2.05) is 0 Å². The van der Waals surface area contributed by atoms with Crippen LogP contribution < -0.4 is 30.3 Å². The predicted molar refractivity (Wildman–Crippen MR) is 187 cm³/mol. The highest BCUT2D eigenvalue weighted by atomic mass is 32.2. The molecule has 21 heteroatoms. The van der Waals surface area contributed by atoms with E-state index < -0.39 is 94.6 Å². The van der Waals surface area contributed by atoms with E-state index in [2.05, 4.69) is 10.6 Å². The lowest BCUT2D eigenvalue weighted by atomic mass is 9.96. The number of nitrogens with one attached hydrogen (secondary N) is 2. The fourth-order valence-corrected chi connectivity index (χ4v) is 7.09. The Morgan fingerprint density at radius 2 is 1.61 bits per heavy atom. The van der Waals surface area contributed by atoms with Gasteiger partial charge in [0.2, 0.25) is 11.3 Å². The Labute approximate surface area is 318 Å². The summed E-state index contributed by atoms with van der Waals surface area (Å²) >= 11 is 0.999. The molecule has 2 aliphatic rings. The van der Waals surface area contributed by atoms with E-state index in [1.165, 1.54) is 24.3 Å². The quantitative estimate of drug-likeness (QED) is 0.0761. The summed E-state index contributed by atoms with van der Waals surface area (Å²) in [6, 6.07) is 5.57. The van der Waals surface area contributed by atoms with E-state index in [0.717, 1.165) is 62.9 Å². The van der Waals surface area contributed by atoms with Crippen LogP contribution in [0.3, 0.4) is 0 Å². The van der Waals surface area contributed by atoms with Crippen molar-refractivity contribution in [2.45, 2.75) is 37.9 Å². The van der Waals surface area contributed by atoms with Gasteiger partial charge in [-0.2, -0.15) is 0 Å². The van der Waals surface area contributed by atoms with E-state index in [4.69, 9.17) is 33.2 Å². The van der Waals surface area contributed by atoms with Gasteiger partial charge in [0, 0.05) is 45.3 Å². The summed E-state index contributed by atoms with van der Waals surface area (Å²) in [5, 5.41) is 22.4. The smallest absolute Gasteiger partial charge is 0.352 e. The lowest BCUT2D eigenvalue weighted by Crippen LogP contribution is -2.81. The van der Waals surface area contributed by atoms with Gasteiger partial charge in [-0.15, -0.1) is 11.8 Å². The maximum atomic E-state index is 14.2. The number of ether oxygens (including phenoxy) is 5. The van der Waals surface area contributed by atoms with Crippen LogP contribution in [0.4, 0.5) is 0 Å². The topological polar surface area (TPSA) is 281 Å². The van der Waals surface area contributed by atoms with Crippen molar-refractivity contribution in [1.82, 2.24) is 15.5 Å². The molecule has 2 aromatic carbocycles. The Hall–Kier alpha value is -6.74. The van der Waals surface area contributed by atoms with E-state index in [1.54, 1.807) is 0 Å². The molecule has 0 saturated carbocycles. The minimum absolute atomic E-state index is 0.0350. The highest BCUT2D eigenvalue weighted by Crippen LogP contribution is 2.47. The third-order valence-electron chi connectivity index (χ3n) is 8.10. The maximum absolute atomic E-state index is 14.2. The van der Waals surface area contributed by atoms with Crippen LogP contribution in [0.15, 0.2) is 63.1 Å². The molecule has 56 heavy (non-hydrogen) atoms. The summed E-state index contributed by atoms with van der Waals surface area (Å²) in [4.78, 5) is 114. The molecular weight excluding hydrogens is 766 g/mol. The number of fused-ring (bicyclic) bond motifs is 2. The van der Waals surface area contributed by atoms with Crippen LogP contribution in [-0.4, -0.2) is 99.9 Å². The van der Waals surface area contributed by atoms with Gasteiger partial charge in [-0.3, -0.25) is 38.5 Å². The van der Waals surface area contributed by atoms with Gasteiger partial charge in [0.15, 0.2) is 18.1 Å². The van der Waals surface area contributed by atoms with Gasteiger partial charge < -0.3 is 48.9 Å². The zero-order valence-corrected chi connectivity index (χ0v) is 30.5. The molecule has 1 aromatic heterocycles. The lowest BCUT2D eigenvalue weighted by Gasteiger charge is -2.56. The average molecular weight is 798 g/mol. The average Bonchev–Trinajstić information content (AvgIpc) is 3.13. The van der Waals surface area contributed by atoms with E-state index >= 15 is 0 Å². The third-order valence-corrected chi connectivity index (χ3v) is 9.47. The molecule has 0 radical (unpaired) electrons.